The van der Waals surface area contributed by atoms with Crippen LogP contribution in [0.5, 0.6) is 11.5 Å². The van der Waals surface area contributed by atoms with Gasteiger partial charge in [-0.2, -0.15) is 0 Å². The Balaban J connectivity index is 2.40. The lowest BCUT2D eigenvalue weighted by Crippen LogP contribution is -2.09. The van der Waals surface area contributed by atoms with Gasteiger partial charge in [-0.15, -0.1) is 0 Å². The fraction of sp³-hybridized carbons (Fsp3) is 0.273. The second-order valence-corrected chi connectivity index (χ2v) is 6.09. The zero-order chi connectivity index (χ0) is 18.7. The Morgan fingerprint density at radius 3 is 1.73 bits per heavy atom. The molecule has 3 aromatic rings. The maximum atomic E-state index is 12.0. The van der Waals surface area contributed by atoms with Gasteiger partial charge < -0.3 is 9.47 Å². The minimum atomic E-state index is -0.297. The minimum Gasteiger partial charge on any atom is -0.425 e. The van der Waals surface area contributed by atoms with Crippen LogP contribution in [0.15, 0.2) is 42.5 Å². The first-order chi connectivity index (χ1) is 12.6. The third-order valence-electron chi connectivity index (χ3n) is 4.41. The van der Waals surface area contributed by atoms with Gasteiger partial charge >= 0.3 is 11.9 Å². The summed E-state index contributed by atoms with van der Waals surface area (Å²) >= 11 is 0. The van der Waals surface area contributed by atoms with Crippen LogP contribution in [-0.2, 0) is 16.0 Å². The number of hydrogen-bond donors (Lipinski definition) is 0. The van der Waals surface area contributed by atoms with Crippen LogP contribution in [0, 0.1) is 0 Å². The summed E-state index contributed by atoms with van der Waals surface area (Å²) in [7, 11) is 0. The van der Waals surface area contributed by atoms with Gasteiger partial charge in [0.05, 0.1) is 0 Å². The molecule has 0 heterocycles. The molecule has 0 amide bonds. The number of rotatable bonds is 5. The van der Waals surface area contributed by atoms with Crippen molar-refractivity contribution in [3.63, 3.8) is 0 Å². The molecule has 0 atom stereocenters. The molecule has 4 nitrogen and oxygen atoms in total. The predicted octanol–water partition coefficient (Wildman–Crippen LogP) is 5.19. The largest absolute Gasteiger partial charge is 0.425 e. The van der Waals surface area contributed by atoms with Crippen LogP contribution < -0.4 is 9.47 Å². The normalized spacial score (nSPS) is 10.9. The van der Waals surface area contributed by atoms with Crippen LogP contribution in [0.1, 0.15) is 39.2 Å². The Kier molecular flexibility index (Phi) is 5.21. The summed E-state index contributed by atoms with van der Waals surface area (Å²) in [6.07, 6.45) is 1.43. The maximum absolute atomic E-state index is 12.0. The van der Waals surface area contributed by atoms with Crippen molar-refractivity contribution in [3.05, 3.63) is 48.0 Å². The molecule has 0 spiro atoms. The zero-order valence-electron chi connectivity index (χ0n) is 15.3. The molecule has 0 unspecified atom stereocenters. The van der Waals surface area contributed by atoms with E-state index >= 15 is 0 Å². The quantitative estimate of drug-likeness (QED) is 0.361. The average molecular weight is 350 g/mol. The van der Waals surface area contributed by atoms with Crippen LogP contribution in [0.25, 0.3) is 21.5 Å². The second kappa shape index (κ2) is 7.56. The van der Waals surface area contributed by atoms with E-state index in [1.807, 2.05) is 42.5 Å². The van der Waals surface area contributed by atoms with Crippen molar-refractivity contribution < 1.29 is 19.1 Å². The van der Waals surface area contributed by atoms with Crippen molar-refractivity contribution in [1.82, 2.24) is 0 Å². The number of aryl methyl sites for hydroxylation is 1. The highest BCUT2D eigenvalue weighted by Gasteiger charge is 2.19. The van der Waals surface area contributed by atoms with Crippen LogP contribution >= 0.6 is 0 Å². The molecule has 0 aliphatic heterocycles. The van der Waals surface area contributed by atoms with E-state index in [0.29, 0.717) is 11.5 Å². The predicted molar refractivity (Wildman–Crippen MR) is 103 cm³/mol. The van der Waals surface area contributed by atoms with Crippen LogP contribution in [0.4, 0.5) is 0 Å². The average Bonchev–Trinajstić information content (AvgIpc) is 2.69. The molecule has 0 radical (unpaired) electrons. The molecule has 0 bridgehead atoms. The van der Waals surface area contributed by atoms with Gasteiger partial charge in [0, 0.05) is 34.4 Å². The number of ether oxygens (including phenoxy) is 2. The molecular formula is C22H22O4. The summed E-state index contributed by atoms with van der Waals surface area (Å²) in [4.78, 5) is 24.0. The maximum Gasteiger partial charge on any atom is 0.310 e. The lowest BCUT2D eigenvalue weighted by atomic mass is 9.98. The summed E-state index contributed by atoms with van der Waals surface area (Å²) in [6.45, 7) is 5.60. The van der Waals surface area contributed by atoms with E-state index < -0.39 is 0 Å². The Morgan fingerprint density at radius 1 is 0.731 bits per heavy atom. The van der Waals surface area contributed by atoms with E-state index in [0.717, 1.165) is 33.5 Å². The molecule has 4 heteroatoms. The first kappa shape index (κ1) is 17.9. The van der Waals surface area contributed by atoms with Crippen molar-refractivity contribution in [3.8, 4) is 11.5 Å². The molecular weight excluding hydrogens is 328 g/mol. The Morgan fingerprint density at radius 2 is 1.23 bits per heavy atom. The molecule has 26 heavy (non-hydrogen) atoms. The summed E-state index contributed by atoms with van der Waals surface area (Å²) in [5.74, 6) is 0.446. The summed E-state index contributed by atoms with van der Waals surface area (Å²) in [5, 5.41) is 3.06. The van der Waals surface area contributed by atoms with Crippen molar-refractivity contribution in [2.24, 2.45) is 0 Å². The highest BCUT2D eigenvalue weighted by atomic mass is 16.5. The lowest BCUT2D eigenvalue weighted by Gasteiger charge is -2.16. The number of hydrogen-bond acceptors (Lipinski definition) is 4. The molecule has 0 aromatic heterocycles. The van der Waals surface area contributed by atoms with E-state index in [-0.39, 0.29) is 24.8 Å². The van der Waals surface area contributed by atoms with E-state index in [9.17, 15) is 9.59 Å². The number of fused-ring (bicyclic) bond motifs is 2. The highest BCUT2D eigenvalue weighted by Crippen LogP contribution is 2.43. The van der Waals surface area contributed by atoms with Gasteiger partial charge in [0.15, 0.2) is 0 Å². The Labute approximate surface area is 152 Å². The summed E-state index contributed by atoms with van der Waals surface area (Å²) in [5.41, 5.74) is 1.12. The van der Waals surface area contributed by atoms with Gasteiger partial charge in [0.25, 0.3) is 0 Å². The molecule has 0 aliphatic carbocycles. The number of benzene rings is 3. The van der Waals surface area contributed by atoms with Crippen molar-refractivity contribution in [2.45, 2.75) is 40.0 Å². The smallest absolute Gasteiger partial charge is 0.310 e. The summed E-state index contributed by atoms with van der Waals surface area (Å²) in [6, 6.07) is 13.5. The fourth-order valence-corrected chi connectivity index (χ4v) is 2.96. The van der Waals surface area contributed by atoms with Crippen molar-refractivity contribution >= 4 is 33.5 Å². The topological polar surface area (TPSA) is 52.6 Å². The first-order valence-electron chi connectivity index (χ1n) is 8.97. The van der Waals surface area contributed by atoms with Gasteiger partial charge in [0.2, 0.25) is 0 Å². The molecule has 0 N–H and O–H groups in total. The number of carbonyl (C=O) groups is 2. The first-order valence-corrected chi connectivity index (χ1v) is 8.97. The monoisotopic (exact) mass is 350 g/mol. The molecule has 0 aliphatic rings. The third kappa shape index (κ3) is 3.27. The van der Waals surface area contributed by atoms with Gasteiger partial charge in [-0.25, -0.2) is 0 Å². The summed E-state index contributed by atoms with van der Waals surface area (Å²) < 4.78 is 11.4. The molecule has 0 saturated carbocycles. The van der Waals surface area contributed by atoms with Gasteiger partial charge in [0.1, 0.15) is 11.5 Å². The van der Waals surface area contributed by atoms with E-state index in [1.54, 1.807) is 13.8 Å². The lowest BCUT2D eigenvalue weighted by molar-refractivity contribution is -0.134. The van der Waals surface area contributed by atoms with Gasteiger partial charge in [-0.1, -0.05) is 57.2 Å². The Hall–Kier alpha value is -2.88. The SMILES string of the molecule is CCC(=O)Oc1c2ccccc2c(OC(=O)CC)c2cc(CC)ccc12. The zero-order valence-corrected chi connectivity index (χ0v) is 15.3. The molecule has 0 fully saturated rings. The fourth-order valence-electron chi connectivity index (χ4n) is 2.96. The molecule has 134 valence electrons. The van der Waals surface area contributed by atoms with Gasteiger partial charge in [-0.05, 0) is 18.1 Å². The third-order valence-corrected chi connectivity index (χ3v) is 4.41. The number of esters is 2. The molecule has 3 rings (SSSR count). The van der Waals surface area contributed by atoms with E-state index in [1.165, 1.54) is 0 Å². The molecule has 3 aromatic carbocycles. The number of carbonyl (C=O) groups excluding carboxylic acids is 2. The van der Waals surface area contributed by atoms with Crippen LogP contribution in [0.3, 0.4) is 0 Å². The van der Waals surface area contributed by atoms with Crippen LogP contribution in [-0.4, -0.2) is 11.9 Å². The minimum absolute atomic E-state index is 0.287. The second-order valence-electron chi connectivity index (χ2n) is 6.09. The van der Waals surface area contributed by atoms with Crippen molar-refractivity contribution in [2.75, 3.05) is 0 Å². The Bertz CT molecular complexity index is 988. The van der Waals surface area contributed by atoms with Crippen molar-refractivity contribution in [1.29, 1.82) is 0 Å². The standard InChI is InChI=1S/C22H22O4/c1-4-14-11-12-17-18(13-14)22(26-20(24)6-3)16-10-8-7-9-15(16)21(17)25-19(23)5-2/h7-13H,4-6H2,1-3H3. The van der Waals surface area contributed by atoms with E-state index in [2.05, 4.69) is 6.92 Å². The van der Waals surface area contributed by atoms with E-state index in [4.69, 9.17) is 9.47 Å². The molecule has 0 saturated heterocycles. The van der Waals surface area contributed by atoms with Gasteiger partial charge in [-0.3, -0.25) is 9.59 Å². The highest BCUT2D eigenvalue weighted by molar-refractivity contribution is 6.12. The van der Waals surface area contributed by atoms with Crippen LogP contribution in [0.2, 0.25) is 0 Å².